The lowest BCUT2D eigenvalue weighted by Crippen LogP contribution is -2.37. The van der Waals surface area contributed by atoms with Crippen molar-refractivity contribution in [3.63, 3.8) is 0 Å². The Morgan fingerprint density at radius 1 is 1.33 bits per heavy atom. The van der Waals surface area contributed by atoms with E-state index in [1.165, 1.54) is 4.88 Å². The van der Waals surface area contributed by atoms with Crippen molar-refractivity contribution in [2.24, 2.45) is 0 Å². The van der Waals surface area contributed by atoms with Crippen LogP contribution in [0.5, 0.6) is 0 Å². The van der Waals surface area contributed by atoms with Crippen molar-refractivity contribution in [3.05, 3.63) is 11.1 Å². The first-order valence-corrected chi connectivity index (χ1v) is 8.94. The Morgan fingerprint density at radius 2 is 2.05 bits per heavy atom. The van der Waals surface area contributed by atoms with E-state index in [1.54, 1.807) is 18.4 Å². The molecule has 1 unspecified atom stereocenters. The van der Waals surface area contributed by atoms with Gasteiger partial charge in [0.05, 0.1) is 6.61 Å². The molecule has 5 heteroatoms. The first-order valence-electron chi connectivity index (χ1n) is 8.12. The third kappa shape index (κ3) is 5.57. The minimum Gasteiger partial charge on any atom is -0.383 e. The number of nitrogens with zero attached hydrogens (tertiary/aromatic N) is 2. The van der Waals surface area contributed by atoms with Gasteiger partial charge in [-0.2, -0.15) is 0 Å². The van der Waals surface area contributed by atoms with Gasteiger partial charge in [0.2, 0.25) is 0 Å². The summed E-state index contributed by atoms with van der Waals surface area (Å²) in [6.07, 6.45) is 5.46. The molecule has 21 heavy (non-hydrogen) atoms. The first-order chi connectivity index (χ1) is 10.2. The van der Waals surface area contributed by atoms with Gasteiger partial charge in [-0.1, -0.05) is 20.8 Å². The van der Waals surface area contributed by atoms with Crippen LogP contribution in [0.25, 0.3) is 0 Å². The fraction of sp³-hybridized carbons (Fsp3) is 0.812. The van der Waals surface area contributed by atoms with E-state index in [0.29, 0.717) is 12.1 Å². The zero-order valence-corrected chi connectivity index (χ0v) is 15.0. The number of nitrogens with one attached hydrogen (secondary N) is 1. The highest BCUT2D eigenvalue weighted by Gasteiger charge is 2.19. The zero-order chi connectivity index (χ0) is 15.7. The fourth-order valence-corrected chi connectivity index (χ4v) is 3.46. The minimum absolute atomic E-state index is 0.377. The fourth-order valence-electron chi connectivity index (χ4n) is 2.42. The van der Waals surface area contributed by atoms with Gasteiger partial charge in [-0.25, -0.2) is 4.98 Å². The van der Waals surface area contributed by atoms with Gasteiger partial charge >= 0.3 is 0 Å². The largest absolute Gasteiger partial charge is 0.383 e. The highest BCUT2D eigenvalue weighted by Crippen LogP contribution is 2.29. The molecule has 1 atom stereocenters. The number of rotatable bonds is 11. The van der Waals surface area contributed by atoms with Crippen LogP contribution in [0, 0.1) is 0 Å². The van der Waals surface area contributed by atoms with Crippen LogP contribution in [0.3, 0.4) is 0 Å². The van der Waals surface area contributed by atoms with Crippen LogP contribution in [0.2, 0.25) is 0 Å². The van der Waals surface area contributed by atoms with E-state index in [2.05, 4.69) is 42.9 Å². The second kappa shape index (κ2) is 10.1. The normalized spacial score (nSPS) is 12.9. The van der Waals surface area contributed by atoms with Crippen molar-refractivity contribution in [1.29, 1.82) is 0 Å². The third-order valence-corrected chi connectivity index (χ3v) is 5.02. The molecule has 0 saturated carbocycles. The van der Waals surface area contributed by atoms with E-state index in [9.17, 15) is 0 Å². The highest BCUT2D eigenvalue weighted by atomic mass is 32.1. The molecule has 0 aliphatic carbocycles. The summed E-state index contributed by atoms with van der Waals surface area (Å²) >= 11 is 1.81. The minimum atomic E-state index is 0.377. The maximum Gasteiger partial charge on any atom is 0.185 e. The molecule has 0 aromatic carbocycles. The summed E-state index contributed by atoms with van der Waals surface area (Å²) < 4.78 is 5.26. The maximum atomic E-state index is 5.26. The van der Waals surface area contributed by atoms with Crippen molar-refractivity contribution in [3.8, 4) is 0 Å². The number of aromatic nitrogens is 1. The quantitative estimate of drug-likeness (QED) is 0.673. The summed E-state index contributed by atoms with van der Waals surface area (Å²) in [6.45, 7) is 11.6. The molecule has 0 aliphatic heterocycles. The Hall–Kier alpha value is -0.650. The van der Waals surface area contributed by atoms with Crippen LogP contribution >= 0.6 is 11.3 Å². The number of anilines is 1. The van der Waals surface area contributed by atoms with Crippen molar-refractivity contribution >= 4 is 16.5 Å². The molecule has 0 amide bonds. The summed E-state index contributed by atoms with van der Waals surface area (Å²) in [7, 11) is 1.76. The number of hydrogen-bond acceptors (Lipinski definition) is 5. The molecule has 122 valence electrons. The molecule has 4 nitrogen and oxygen atoms in total. The lowest BCUT2D eigenvalue weighted by Gasteiger charge is -2.30. The molecule has 0 saturated heterocycles. The Balaban J connectivity index is 2.80. The predicted octanol–water partition coefficient (Wildman–Crippen LogP) is 3.85. The van der Waals surface area contributed by atoms with Crippen LogP contribution in [-0.4, -0.2) is 37.8 Å². The third-order valence-electron chi connectivity index (χ3n) is 3.80. The number of thiazole rings is 1. The van der Waals surface area contributed by atoms with Gasteiger partial charge in [-0.05, 0) is 32.7 Å². The second-order valence-electron chi connectivity index (χ2n) is 5.38. The molecule has 1 aromatic rings. The Bertz CT molecular complexity index is 379. The molecule has 1 rings (SSSR count). The van der Waals surface area contributed by atoms with Crippen molar-refractivity contribution < 1.29 is 4.74 Å². The van der Waals surface area contributed by atoms with Crippen LogP contribution < -0.4 is 10.2 Å². The summed E-state index contributed by atoms with van der Waals surface area (Å²) in [5.41, 5.74) is 0. The van der Waals surface area contributed by atoms with Crippen LogP contribution in [-0.2, 0) is 4.74 Å². The van der Waals surface area contributed by atoms with Gasteiger partial charge in [0.25, 0.3) is 0 Å². The monoisotopic (exact) mass is 313 g/mol. The van der Waals surface area contributed by atoms with Crippen molar-refractivity contribution in [2.75, 3.05) is 31.7 Å². The molecule has 0 bridgehead atoms. The van der Waals surface area contributed by atoms with Gasteiger partial charge in [-0.15, -0.1) is 11.3 Å². The van der Waals surface area contributed by atoms with Crippen LogP contribution in [0.4, 0.5) is 5.13 Å². The van der Waals surface area contributed by atoms with E-state index >= 15 is 0 Å². The topological polar surface area (TPSA) is 37.4 Å². The van der Waals surface area contributed by atoms with E-state index in [-0.39, 0.29) is 0 Å². The maximum absolute atomic E-state index is 5.26. The molecule has 0 spiro atoms. The van der Waals surface area contributed by atoms with Crippen LogP contribution in [0.1, 0.15) is 57.9 Å². The summed E-state index contributed by atoms with van der Waals surface area (Å²) in [4.78, 5) is 8.38. The lowest BCUT2D eigenvalue weighted by atomic mass is 10.1. The summed E-state index contributed by atoms with van der Waals surface area (Å²) in [5.74, 6) is 0. The average molecular weight is 314 g/mol. The van der Waals surface area contributed by atoms with Crippen molar-refractivity contribution in [1.82, 2.24) is 10.3 Å². The SMILES string of the molecule is CCCNC(C)c1cnc(N(CCOC)C(CC)CC)s1. The van der Waals surface area contributed by atoms with Gasteiger partial charge in [0.1, 0.15) is 0 Å². The lowest BCUT2D eigenvalue weighted by molar-refractivity contribution is 0.202. The Labute approximate surface area is 133 Å². The van der Waals surface area contributed by atoms with Crippen molar-refractivity contribution in [2.45, 2.75) is 59.0 Å². The molecule has 0 aliphatic rings. The summed E-state index contributed by atoms with van der Waals surface area (Å²) in [6, 6.07) is 0.917. The van der Waals surface area contributed by atoms with Gasteiger partial charge < -0.3 is 15.0 Å². The number of methoxy groups -OCH3 is 1. The Morgan fingerprint density at radius 3 is 2.62 bits per heavy atom. The molecule has 1 heterocycles. The van der Waals surface area contributed by atoms with E-state index in [1.807, 2.05) is 6.20 Å². The van der Waals surface area contributed by atoms with Gasteiger partial charge in [0, 0.05) is 36.8 Å². The molecule has 0 radical (unpaired) electrons. The van der Waals surface area contributed by atoms with E-state index < -0.39 is 0 Å². The molecule has 0 fully saturated rings. The van der Waals surface area contributed by atoms with E-state index in [0.717, 1.165) is 44.1 Å². The smallest absolute Gasteiger partial charge is 0.185 e. The summed E-state index contributed by atoms with van der Waals surface area (Å²) in [5, 5.41) is 4.65. The predicted molar refractivity (Wildman–Crippen MR) is 92.4 cm³/mol. The average Bonchev–Trinajstić information content (AvgIpc) is 2.98. The zero-order valence-electron chi connectivity index (χ0n) is 14.2. The number of ether oxygens (including phenoxy) is 1. The standard InChI is InChI=1S/C16H31N3OS/c1-6-9-17-13(4)15-12-18-16(21-15)19(10-11-20-5)14(7-2)8-3/h12-14,17H,6-11H2,1-5H3. The first kappa shape index (κ1) is 18.4. The van der Waals surface area contributed by atoms with Gasteiger partial charge in [-0.3, -0.25) is 0 Å². The van der Waals surface area contributed by atoms with E-state index in [4.69, 9.17) is 4.74 Å². The Kier molecular flexibility index (Phi) is 8.88. The molecular weight excluding hydrogens is 282 g/mol. The van der Waals surface area contributed by atoms with Crippen LogP contribution in [0.15, 0.2) is 6.20 Å². The van der Waals surface area contributed by atoms with Gasteiger partial charge in [0.15, 0.2) is 5.13 Å². The highest BCUT2D eigenvalue weighted by molar-refractivity contribution is 7.15. The second-order valence-corrected chi connectivity index (χ2v) is 6.42. The molecule has 1 N–H and O–H groups in total. The molecular formula is C16H31N3OS. The molecule has 1 aromatic heterocycles. The number of hydrogen-bond donors (Lipinski definition) is 1.